The van der Waals surface area contributed by atoms with Crippen LogP contribution < -0.4 is 0 Å². The van der Waals surface area contributed by atoms with E-state index in [0.29, 0.717) is 19.3 Å². The molecule has 0 amide bonds. The standard InChI is InChI=1S/C18H19FO2S/c1-2-15(16-8-5-9-22-16)17(19)18(20)21-14-10-12-6-3-4-7-13(12)11-14/h3-9,14-15,17H,2,10-11H2,1H3/t15-,17-/m0/s1. The summed E-state index contributed by atoms with van der Waals surface area (Å²) in [5, 5.41) is 1.91. The predicted octanol–water partition coefficient (Wildman–Crippen LogP) is 4.29. The van der Waals surface area contributed by atoms with Crippen LogP contribution in [0.5, 0.6) is 0 Å². The van der Waals surface area contributed by atoms with Gasteiger partial charge in [-0.15, -0.1) is 11.3 Å². The van der Waals surface area contributed by atoms with Gasteiger partial charge in [0.25, 0.3) is 0 Å². The molecule has 116 valence electrons. The lowest BCUT2D eigenvalue weighted by Crippen LogP contribution is -2.29. The smallest absolute Gasteiger partial charge is 0.341 e. The number of benzene rings is 1. The van der Waals surface area contributed by atoms with Gasteiger partial charge >= 0.3 is 5.97 Å². The third-order valence-corrected chi connectivity index (χ3v) is 5.23. The van der Waals surface area contributed by atoms with E-state index in [9.17, 15) is 9.18 Å². The molecule has 0 fully saturated rings. The Morgan fingerprint density at radius 3 is 2.50 bits per heavy atom. The molecule has 0 saturated carbocycles. The summed E-state index contributed by atoms with van der Waals surface area (Å²) in [6.07, 6.45) is 0.132. The molecule has 0 spiro atoms. The normalized spacial score (nSPS) is 17.0. The highest BCUT2D eigenvalue weighted by Crippen LogP contribution is 2.31. The van der Waals surface area contributed by atoms with Crippen LogP contribution in [0.1, 0.15) is 35.3 Å². The van der Waals surface area contributed by atoms with Crippen molar-refractivity contribution in [1.29, 1.82) is 0 Å². The third kappa shape index (κ3) is 3.07. The van der Waals surface area contributed by atoms with Crippen molar-refractivity contribution in [2.24, 2.45) is 0 Å². The van der Waals surface area contributed by atoms with Gasteiger partial charge in [-0.3, -0.25) is 0 Å². The lowest BCUT2D eigenvalue weighted by Gasteiger charge is -2.19. The second-order valence-corrected chi connectivity index (χ2v) is 6.65. The van der Waals surface area contributed by atoms with Crippen LogP contribution in [0.25, 0.3) is 0 Å². The summed E-state index contributed by atoms with van der Waals surface area (Å²) in [6, 6.07) is 11.8. The fraction of sp³-hybridized carbons (Fsp3) is 0.389. The number of ether oxygens (including phenoxy) is 1. The van der Waals surface area contributed by atoms with Gasteiger partial charge in [0, 0.05) is 23.6 Å². The molecular formula is C18H19FO2S. The van der Waals surface area contributed by atoms with Gasteiger partial charge in [-0.2, -0.15) is 0 Å². The van der Waals surface area contributed by atoms with Crippen molar-refractivity contribution in [3.63, 3.8) is 0 Å². The molecule has 1 aliphatic rings. The molecule has 2 atom stereocenters. The quantitative estimate of drug-likeness (QED) is 0.769. The Morgan fingerprint density at radius 2 is 1.95 bits per heavy atom. The van der Waals surface area contributed by atoms with Crippen LogP contribution in [0.2, 0.25) is 0 Å². The Balaban J connectivity index is 1.63. The van der Waals surface area contributed by atoms with Gasteiger partial charge in [0.05, 0.1) is 0 Å². The second-order valence-electron chi connectivity index (χ2n) is 5.67. The minimum Gasteiger partial charge on any atom is -0.460 e. The number of esters is 1. The zero-order valence-electron chi connectivity index (χ0n) is 12.5. The monoisotopic (exact) mass is 318 g/mol. The number of fused-ring (bicyclic) bond motifs is 1. The van der Waals surface area contributed by atoms with E-state index in [-0.39, 0.29) is 6.10 Å². The number of hydrogen-bond acceptors (Lipinski definition) is 3. The number of rotatable bonds is 5. The zero-order valence-corrected chi connectivity index (χ0v) is 13.3. The molecule has 1 aromatic carbocycles. The Labute approximate surface area is 133 Å². The molecule has 0 radical (unpaired) electrons. The van der Waals surface area contributed by atoms with Crippen molar-refractivity contribution in [1.82, 2.24) is 0 Å². The van der Waals surface area contributed by atoms with Crippen molar-refractivity contribution >= 4 is 17.3 Å². The van der Waals surface area contributed by atoms with Gasteiger partial charge in [0.1, 0.15) is 6.10 Å². The third-order valence-electron chi connectivity index (χ3n) is 4.22. The number of carbonyl (C=O) groups is 1. The summed E-state index contributed by atoms with van der Waals surface area (Å²) < 4.78 is 20.0. The average molecular weight is 318 g/mol. The molecule has 4 heteroatoms. The van der Waals surface area contributed by atoms with Crippen molar-refractivity contribution in [3.05, 3.63) is 57.8 Å². The van der Waals surface area contributed by atoms with Crippen LogP contribution in [0, 0.1) is 0 Å². The number of hydrogen-bond donors (Lipinski definition) is 0. The topological polar surface area (TPSA) is 26.3 Å². The maximum Gasteiger partial charge on any atom is 0.341 e. The second kappa shape index (κ2) is 6.61. The number of alkyl halides is 1. The fourth-order valence-corrected chi connectivity index (χ4v) is 3.98. The maximum atomic E-state index is 14.5. The number of carbonyl (C=O) groups excluding carboxylic acids is 1. The highest BCUT2D eigenvalue weighted by Gasteiger charge is 2.33. The van der Waals surface area contributed by atoms with Gasteiger partial charge < -0.3 is 4.74 Å². The highest BCUT2D eigenvalue weighted by atomic mass is 32.1. The first-order valence-corrected chi connectivity index (χ1v) is 8.51. The van der Waals surface area contributed by atoms with Crippen LogP contribution in [-0.2, 0) is 22.4 Å². The van der Waals surface area contributed by atoms with E-state index in [2.05, 4.69) is 0 Å². The first-order valence-electron chi connectivity index (χ1n) is 7.63. The van der Waals surface area contributed by atoms with Crippen molar-refractivity contribution in [2.75, 3.05) is 0 Å². The first kappa shape index (κ1) is 15.2. The van der Waals surface area contributed by atoms with Crippen LogP contribution >= 0.6 is 11.3 Å². The molecule has 2 aromatic rings. The van der Waals surface area contributed by atoms with E-state index in [1.807, 2.05) is 48.7 Å². The molecule has 0 N–H and O–H groups in total. The SMILES string of the molecule is CC[C@@H](c1cccs1)[C@H](F)C(=O)OC1Cc2ccccc2C1. The number of halogens is 1. The largest absolute Gasteiger partial charge is 0.460 e. The molecule has 2 nitrogen and oxygen atoms in total. The molecular weight excluding hydrogens is 299 g/mol. The van der Waals surface area contributed by atoms with Crippen molar-refractivity contribution in [3.8, 4) is 0 Å². The minimum atomic E-state index is -1.59. The molecule has 0 saturated heterocycles. The van der Waals surface area contributed by atoms with Crippen LogP contribution in [0.4, 0.5) is 4.39 Å². The van der Waals surface area contributed by atoms with Crippen LogP contribution in [-0.4, -0.2) is 18.2 Å². The molecule has 1 aliphatic carbocycles. The van der Waals surface area contributed by atoms with Gasteiger partial charge in [-0.25, -0.2) is 9.18 Å². The maximum absolute atomic E-state index is 14.5. The van der Waals surface area contributed by atoms with Gasteiger partial charge in [-0.1, -0.05) is 37.3 Å². The molecule has 3 rings (SSSR count). The molecule has 22 heavy (non-hydrogen) atoms. The van der Waals surface area contributed by atoms with Gasteiger partial charge in [0.15, 0.2) is 0 Å². The Kier molecular flexibility index (Phi) is 4.57. The van der Waals surface area contributed by atoms with Crippen LogP contribution in [0.3, 0.4) is 0 Å². The van der Waals surface area contributed by atoms with Crippen molar-refractivity contribution < 1.29 is 13.9 Å². The Hall–Kier alpha value is -1.68. The Morgan fingerprint density at radius 1 is 1.27 bits per heavy atom. The van der Waals surface area contributed by atoms with Crippen LogP contribution in [0.15, 0.2) is 41.8 Å². The molecule has 0 aliphatic heterocycles. The number of thiophene rings is 1. The van der Waals surface area contributed by atoms with Gasteiger partial charge in [-0.05, 0) is 29.0 Å². The molecule has 0 unspecified atom stereocenters. The summed E-state index contributed by atoms with van der Waals surface area (Å²) in [6.45, 7) is 1.90. The summed E-state index contributed by atoms with van der Waals surface area (Å²) >= 11 is 1.49. The average Bonchev–Trinajstić information content (AvgIpc) is 3.16. The van der Waals surface area contributed by atoms with E-state index in [0.717, 1.165) is 4.88 Å². The lowest BCUT2D eigenvalue weighted by molar-refractivity contribution is -0.155. The van der Waals surface area contributed by atoms with Crippen molar-refractivity contribution in [2.45, 2.75) is 44.4 Å². The predicted molar refractivity (Wildman–Crippen MR) is 86.0 cm³/mol. The summed E-state index contributed by atoms with van der Waals surface area (Å²) in [5.74, 6) is -1.13. The van der Waals surface area contributed by atoms with E-state index in [4.69, 9.17) is 4.74 Å². The fourth-order valence-electron chi connectivity index (χ4n) is 3.05. The summed E-state index contributed by atoms with van der Waals surface area (Å²) in [4.78, 5) is 13.1. The Bertz CT molecular complexity index is 613. The molecule has 0 bridgehead atoms. The van der Waals surface area contributed by atoms with E-state index < -0.39 is 18.1 Å². The first-order chi connectivity index (χ1) is 10.7. The van der Waals surface area contributed by atoms with Gasteiger partial charge in [0.2, 0.25) is 6.17 Å². The summed E-state index contributed by atoms with van der Waals surface area (Å²) in [5.41, 5.74) is 2.39. The van der Waals surface area contributed by atoms with E-state index in [1.165, 1.54) is 22.5 Å². The lowest BCUT2D eigenvalue weighted by atomic mass is 9.99. The molecule has 1 aromatic heterocycles. The highest BCUT2D eigenvalue weighted by molar-refractivity contribution is 7.10. The van der Waals surface area contributed by atoms with E-state index in [1.54, 1.807) is 0 Å². The zero-order chi connectivity index (χ0) is 15.5. The summed E-state index contributed by atoms with van der Waals surface area (Å²) in [7, 11) is 0. The minimum absolute atomic E-state index is 0.232. The molecule has 1 heterocycles. The van der Waals surface area contributed by atoms with E-state index >= 15 is 0 Å².